The molecule has 2 aromatic rings. The van der Waals surface area contributed by atoms with Gasteiger partial charge < -0.3 is 20.2 Å². The van der Waals surface area contributed by atoms with Crippen LogP contribution < -0.4 is 10.2 Å². The molecule has 3 amide bonds. The van der Waals surface area contributed by atoms with E-state index in [2.05, 4.69) is 21.2 Å². The lowest BCUT2D eigenvalue weighted by atomic mass is 10.1. The van der Waals surface area contributed by atoms with Gasteiger partial charge in [0.15, 0.2) is 6.10 Å². The van der Waals surface area contributed by atoms with E-state index in [0.29, 0.717) is 16.1 Å². The molecule has 2 N–H and O–H groups in total. The number of halogens is 1. The maximum atomic E-state index is 12.7. The number of aryl methyl sites for hydroxylation is 1. The van der Waals surface area contributed by atoms with Gasteiger partial charge in [0.2, 0.25) is 0 Å². The average molecular weight is 492 g/mol. The molecule has 0 radical (unpaired) electrons. The molecular formula is C21H22BrN3O4S. The Labute approximate surface area is 186 Å². The standard InChI is InChI=1S/C21H22BrN3O4S/c1-12-10-13(4-5-14(12)20(28)24-8-2-3-9-24)25-11-15(18(26)21(25)29)23-19(27)16-6-7-17(22)30-16/h4-7,10,15,18,26H,2-3,8-9,11H2,1H3,(H,23,27). The van der Waals surface area contributed by atoms with Gasteiger partial charge in [0.1, 0.15) is 0 Å². The van der Waals surface area contributed by atoms with E-state index >= 15 is 0 Å². The summed E-state index contributed by atoms with van der Waals surface area (Å²) in [7, 11) is 0. The molecule has 158 valence electrons. The van der Waals surface area contributed by atoms with Gasteiger partial charge in [-0.05, 0) is 71.6 Å². The van der Waals surface area contributed by atoms with Crippen LogP contribution in [-0.2, 0) is 4.79 Å². The molecule has 2 saturated heterocycles. The fraction of sp³-hybridized carbons (Fsp3) is 0.381. The molecule has 4 rings (SSSR count). The Morgan fingerprint density at radius 3 is 2.57 bits per heavy atom. The summed E-state index contributed by atoms with van der Waals surface area (Å²) in [6, 6.07) is 7.99. The van der Waals surface area contributed by atoms with Gasteiger partial charge in [0.25, 0.3) is 17.7 Å². The van der Waals surface area contributed by atoms with Crippen LogP contribution >= 0.6 is 27.3 Å². The molecule has 1 aromatic heterocycles. The molecule has 2 unspecified atom stereocenters. The van der Waals surface area contributed by atoms with Crippen molar-refractivity contribution in [2.24, 2.45) is 0 Å². The summed E-state index contributed by atoms with van der Waals surface area (Å²) < 4.78 is 0.830. The number of hydrogen-bond acceptors (Lipinski definition) is 5. The number of nitrogens with zero attached hydrogens (tertiary/aromatic N) is 2. The van der Waals surface area contributed by atoms with Crippen LogP contribution in [-0.4, -0.2) is 59.5 Å². The first-order valence-corrected chi connectivity index (χ1v) is 11.4. The van der Waals surface area contributed by atoms with Gasteiger partial charge in [-0.15, -0.1) is 11.3 Å². The lowest BCUT2D eigenvalue weighted by molar-refractivity contribution is -0.124. The van der Waals surface area contributed by atoms with Crippen molar-refractivity contribution < 1.29 is 19.5 Å². The molecule has 0 saturated carbocycles. The monoisotopic (exact) mass is 491 g/mol. The van der Waals surface area contributed by atoms with Gasteiger partial charge in [0, 0.05) is 30.9 Å². The van der Waals surface area contributed by atoms with Gasteiger partial charge in [0.05, 0.1) is 14.7 Å². The second-order valence-electron chi connectivity index (χ2n) is 7.58. The number of rotatable bonds is 4. The van der Waals surface area contributed by atoms with Crippen molar-refractivity contribution in [3.63, 3.8) is 0 Å². The number of hydrogen-bond donors (Lipinski definition) is 2. The van der Waals surface area contributed by atoms with Crippen molar-refractivity contribution >= 4 is 50.7 Å². The predicted octanol–water partition coefficient (Wildman–Crippen LogP) is 2.56. The summed E-state index contributed by atoms with van der Waals surface area (Å²) in [6.45, 7) is 3.56. The van der Waals surface area contributed by atoms with Crippen LogP contribution in [0.1, 0.15) is 38.4 Å². The maximum absolute atomic E-state index is 12.7. The van der Waals surface area contributed by atoms with Crippen LogP contribution in [0.4, 0.5) is 5.69 Å². The van der Waals surface area contributed by atoms with Crippen LogP contribution in [0, 0.1) is 6.92 Å². The third-order valence-corrected chi connectivity index (χ3v) is 7.16. The van der Waals surface area contributed by atoms with Crippen LogP contribution in [0.15, 0.2) is 34.1 Å². The minimum Gasteiger partial charge on any atom is -0.381 e. The summed E-state index contributed by atoms with van der Waals surface area (Å²) in [4.78, 5) is 41.5. The van der Waals surface area contributed by atoms with Gasteiger partial charge in [-0.2, -0.15) is 0 Å². The quantitative estimate of drug-likeness (QED) is 0.687. The number of aliphatic hydroxyl groups is 1. The number of likely N-dealkylation sites (tertiary alicyclic amines) is 1. The number of benzene rings is 1. The molecule has 3 heterocycles. The van der Waals surface area contributed by atoms with Gasteiger partial charge >= 0.3 is 0 Å². The third kappa shape index (κ3) is 4.01. The number of thiophene rings is 1. The van der Waals surface area contributed by atoms with Crippen LogP contribution in [0.2, 0.25) is 0 Å². The van der Waals surface area contributed by atoms with Gasteiger partial charge in [-0.25, -0.2) is 0 Å². The lowest BCUT2D eigenvalue weighted by Crippen LogP contribution is -2.43. The molecule has 2 fully saturated rings. The number of carbonyl (C=O) groups is 3. The highest BCUT2D eigenvalue weighted by Gasteiger charge is 2.41. The Kier molecular flexibility index (Phi) is 5.95. The Morgan fingerprint density at radius 2 is 1.93 bits per heavy atom. The van der Waals surface area contributed by atoms with Crippen LogP contribution in [0.5, 0.6) is 0 Å². The van der Waals surface area contributed by atoms with E-state index in [1.165, 1.54) is 16.2 Å². The topological polar surface area (TPSA) is 90.0 Å². The highest BCUT2D eigenvalue weighted by atomic mass is 79.9. The van der Waals surface area contributed by atoms with Crippen LogP contribution in [0.3, 0.4) is 0 Å². The molecule has 0 bridgehead atoms. The number of amides is 3. The Hall–Kier alpha value is -2.23. The normalized spacial score (nSPS) is 21.4. The van der Waals surface area contributed by atoms with Crippen molar-refractivity contribution in [3.05, 3.63) is 50.1 Å². The molecule has 1 aromatic carbocycles. The van der Waals surface area contributed by atoms with E-state index in [4.69, 9.17) is 0 Å². The zero-order chi connectivity index (χ0) is 21.4. The summed E-state index contributed by atoms with van der Waals surface area (Å²) in [5, 5.41) is 13.1. The fourth-order valence-corrected chi connectivity index (χ4v) is 5.19. The minimum atomic E-state index is -1.32. The number of nitrogens with one attached hydrogen (secondary N) is 1. The van der Waals surface area contributed by atoms with Crippen molar-refractivity contribution in [3.8, 4) is 0 Å². The second-order valence-corrected chi connectivity index (χ2v) is 10.0. The van der Waals surface area contributed by atoms with Crippen molar-refractivity contribution in [2.45, 2.75) is 31.9 Å². The number of aliphatic hydroxyl groups excluding tert-OH is 1. The van der Waals surface area contributed by atoms with Crippen molar-refractivity contribution in [1.29, 1.82) is 0 Å². The molecule has 0 aliphatic carbocycles. The Balaban J connectivity index is 1.48. The zero-order valence-electron chi connectivity index (χ0n) is 16.4. The fourth-order valence-electron chi connectivity index (χ4n) is 3.90. The van der Waals surface area contributed by atoms with Gasteiger partial charge in [-0.1, -0.05) is 0 Å². The first kappa shape index (κ1) is 21.0. The largest absolute Gasteiger partial charge is 0.381 e. The summed E-state index contributed by atoms with van der Waals surface area (Å²) in [5.74, 6) is -0.783. The lowest BCUT2D eigenvalue weighted by Gasteiger charge is -2.20. The highest BCUT2D eigenvalue weighted by Crippen LogP contribution is 2.27. The molecule has 9 heteroatoms. The number of carbonyl (C=O) groups excluding carboxylic acids is 3. The third-order valence-electron chi connectivity index (χ3n) is 5.54. The first-order valence-electron chi connectivity index (χ1n) is 9.80. The van der Waals surface area contributed by atoms with E-state index in [1.807, 2.05) is 11.8 Å². The van der Waals surface area contributed by atoms with Crippen LogP contribution in [0.25, 0.3) is 0 Å². The first-order chi connectivity index (χ1) is 14.3. The highest BCUT2D eigenvalue weighted by molar-refractivity contribution is 9.11. The van der Waals surface area contributed by atoms with E-state index in [9.17, 15) is 19.5 Å². The summed E-state index contributed by atoms with van der Waals surface area (Å²) >= 11 is 4.60. The predicted molar refractivity (Wildman–Crippen MR) is 118 cm³/mol. The summed E-state index contributed by atoms with van der Waals surface area (Å²) in [5.41, 5.74) is 2.01. The molecule has 2 aliphatic rings. The molecular weight excluding hydrogens is 470 g/mol. The molecule has 7 nitrogen and oxygen atoms in total. The smallest absolute Gasteiger partial charge is 0.261 e. The number of anilines is 1. The second kappa shape index (κ2) is 8.49. The van der Waals surface area contributed by atoms with E-state index < -0.39 is 18.1 Å². The zero-order valence-corrected chi connectivity index (χ0v) is 18.8. The summed E-state index contributed by atoms with van der Waals surface area (Å²) in [6.07, 6.45) is 0.737. The van der Waals surface area contributed by atoms with Crippen molar-refractivity contribution in [1.82, 2.24) is 10.2 Å². The molecule has 30 heavy (non-hydrogen) atoms. The SMILES string of the molecule is Cc1cc(N2CC(NC(=O)c3ccc(Br)s3)C(O)C2=O)ccc1C(=O)N1CCCC1. The van der Waals surface area contributed by atoms with E-state index in [1.54, 1.807) is 30.3 Å². The van der Waals surface area contributed by atoms with Crippen molar-refractivity contribution in [2.75, 3.05) is 24.5 Å². The molecule has 0 spiro atoms. The minimum absolute atomic E-state index is 0.0107. The maximum Gasteiger partial charge on any atom is 0.261 e. The van der Waals surface area contributed by atoms with Gasteiger partial charge in [-0.3, -0.25) is 14.4 Å². The Morgan fingerprint density at radius 1 is 1.20 bits per heavy atom. The van der Waals surface area contributed by atoms with E-state index in [0.717, 1.165) is 35.3 Å². The average Bonchev–Trinajstić information content (AvgIpc) is 3.45. The van der Waals surface area contributed by atoms with E-state index in [-0.39, 0.29) is 18.4 Å². The molecule has 2 aliphatic heterocycles. The molecule has 2 atom stereocenters. The Bertz CT molecular complexity index is 1000.